The zero-order valence-corrected chi connectivity index (χ0v) is 12.5. The minimum absolute atomic E-state index is 0.281. The number of nitrogens with one attached hydrogen (secondary N) is 1. The van der Waals surface area contributed by atoms with Gasteiger partial charge >= 0.3 is 0 Å². The summed E-state index contributed by atoms with van der Waals surface area (Å²) in [4.78, 5) is 16.5. The summed E-state index contributed by atoms with van der Waals surface area (Å²) >= 11 is 0. The van der Waals surface area contributed by atoms with Crippen molar-refractivity contribution in [1.29, 1.82) is 0 Å². The van der Waals surface area contributed by atoms with E-state index in [0.29, 0.717) is 27.9 Å². The molecular formula is C17H15N3O3. The lowest BCUT2D eigenvalue weighted by atomic mass is 10.2. The van der Waals surface area contributed by atoms with Gasteiger partial charge in [-0.05, 0) is 18.2 Å². The number of pyridine rings is 2. The molecule has 0 bridgehead atoms. The number of benzene rings is 1. The Bertz CT molecular complexity index is 865. The molecule has 3 rings (SSSR count). The van der Waals surface area contributed by atoms with Gasteiger partial charge in [0.2, 0.25) is 0 Å². The fourth-order valence-corrected chi connectivity index (χ4v) is 2.29. The standard InChI is InChI=1S/C17H15N3O3/c1-23-16-5-3-2-4-12(16)10-18-17(21)15-7-6-13-11-20(22)9-8-14(13)19-15/h2-9,11H,10H2,1H3,(H,18,21). The van der Waals surface area contributed by atoms with E-state index >= 15 is 0 Å². The minimum Gasteiger partial charge on any atom is -0.619 e. The SMILES string of the molecule is COc1ccccc1CNC(=O)c1ccc2c[n+]([O-])ccc2n1. The number of aromatic nitrogens is 2. The molecule has 0 saturated heterocycles. The third-order valence-electron chi connectivity index (χ3n) is 3.47. The van der Waals surface area contributed by atoms with Crippen LogP contribution in [0.25, 0.3) is 10.9 Å². The quantitative estimate of drug-likeness (QED) is 0.589. The number of carbonyl (C=O) groups excluding carboxylic acids is 1. The Balaban J connectivity index is 1.77. The van der Waals surface area contributed by atoms with E-state index in [4.69, 9.17) is 4.74 Å². The number of hydrogen-bond acceptors (Lipinski definition) is 4. The second-order valence-electron chi connectivity index (χ2n) is 4.97. The fourth-order valence-electron chi connectivity index (χ4n) is 2.29. The summed E-state index contributed by atoms with van der Waals surface area (Å²) in [5.74, 6) is 0.441. The van der Waals surface area contributed by atoms with Gasteiger partial charge in [-0.2, -0.15) is 4.73 Å². The Morgan fingerprint density at radius 2 is 2.09 bits per heavy atom. The maximum absolute atomic E-state index is 12.2. The molecule has 23 heavy (non-hydrogen) atoms. The minimum atomic E-state index is -0.281. The van der Waals surface area contributed by atoms with Crippen LogP contribution in [0.1, 0.15) is 16.1 Å². The second kappa shape index (κ2) is 6.31. The zero-order chi connectivity index (χ0) is 16.2. The molecule has 0 atom stereocenters. The van der Waals surface area contributed by atoms with E-state index in [1.807, 2.05) is 24.3 Å². The van der Waals surface area contributed by atoms with Gasteiger partial charge in [0, 0.05) is 18.2 Å². The predicted molar refractivity (Wildman–Crippen MR) is 84.9 cm³/mol. The lowest BCUT2D eigenvalue weighted by Crippen LogP contribution is -2.25. The summed E-state index contributed by atoms with van der Waals surface area (Å²) in [6, 6.07) is 12.4. The maximum atomic E-state index is 12.2. The number of nitrogens with zero attached hydrogens (tertiary/aromatic N) is 2. The maximum Gasteiger partial charge on any atom is 0.270 e. The van der Waals surface area contributed by atoms with E-state index in [-0.39, 0.29) is 5.91 Å². The normalized spacial score (nSPS) is 10.5. The van der Waals surface area contributed by atoms with Gasteiger partial charge in [-0.1, -0.05) is 18.2 Å². The summed E-state index contributed by atoms with van der Waals surface area (Å²) in [5.41, 5.74) is 1.79. The van der Waals surface area contributed by atoms with Crippen LogP contribution in [-0.2, 0) is 6.54 Å². The number of carbonyl (C=O) groups is 1. The number of fused-ring (bicyclic) bond motifs is 1. The van der Waals surface area contributed by atoms with Crippen molar-refractivity contribution in [2.75, 3.05) is 7.11 Å². The van der Waals surface area contributed by atoms with Gasteiger partial charge in [0.15, 0.2) is 12.4 Å². The van der Waals surface area contributed by atoms with Crippen LogP contribution in [0, 0.1) is 5.21 Å². The third kappa shape index (κ3) is 3.21. The van der Waals surface area contributed by atoms with E-state index in [1.54, 1.807) is 25.3 Å². The smallest absolute Gasteiger partial charge is 0.270 e. The van der Waals surface area contributed by atoms with Gasteiger partial charge in [-0.3, -0.25) is 4.79 Å². The molecule has 0 aliphatic carbocycles. The molecule has 0 fully saturated rings. The number of amides is 1. The lowest BCUT2D eigenvalue weighted by Gasteiger charge is -2.09. The average molecular weight is 309 g/mol. The lowest BCUT2D eigenvalue weighted by molar-refractivity contribution is -0.603. The number of hydrogen-bond donors (Lipinski definition) is 1. The van der Waals surface area contributed by atoms with Crippen molar-refractivity contribution >= 4 is 16.8 Å². The van der Waals surface area contributed by atoms with Gasteiger partial charge in [0.05, 0.1) is 18.0 Å². The Hall–Kier alpha value is -3.15. The van der Waals surface area contributed by atoms with Crippen molar-refractivity contribution in [3.63, 3.8) is 0 Å². The molecule has 0 radical (unpaired) electrons. The molecule has 0 spiro atoms. The molecule has 0 aliphatic rings. The molecule has 6 heteroatoms. The summed E-state index contributed by atoms with van der Waals surface area (Å²) in [6.45, 7) is 0.345. The van der Waals surface area contributed by atoms with E-state index in [2.05, 4.69) is 10.3 Å². The Labute approximate surface area is 132 Å². The zero-order valence-electron chi connectivity index (χ0n) is 12.5. The van der Waals surface area contributed by atoms with E-state index in [9.17, 15) is 10.0 Å². The molecule has 1 aromatic carbocycles. The van der Waals surface area contributed by atoms with Crippen LogP contribution in [0.5, 0.6) is 5.75 Å². The van der Waals surface area contributed by atoms with Gasteiger partial charge in [0.1, 0.15) is 11.4 Å². The third-order valence-corrected chi connectivity index (χ3v) is 3.47. The van der Waals surface area contributed by atoms with Crippen LogP contribution in [-0.4, -0.2) is 18.0 Å². The van der Waals surface area contributed by atoms with Crippen LogP contribution in [0.3, 0.4) is 0 Å². The van der Waals surface area contributed by atoms with Crippen molar-refractivity contribution in [3.8, 4) is 5.75 Å². The van der Waals surface area contributed by atoms with Crippen molar-refractivity contribution in [3.05, 3.63) is 71.3 Å². The highest BCUT2D eigenvalue weighted by atomic mass is 16.5. The molecule has 0 saturated carbocycles. The first kappa shape index (κ1) is 14.8. The second-order valence-corrected chi connectivity index (χ2v) is 4.97. The first-order valence-electron chi connectivity index (χ1n) is 7.07. The number of rotatable bonds is 4. The molecule has 116 valence electrons. The summed E-state index contributed by atoms with van der Waals surface area (Å²) in [7, 11) is 1.59. The highest BCUT2D eigenvalue weighted by Gasteiger charge is 2.10. The Morgan fingerprint density at radius 3 is 2.91 bits per heavy atom. The molecule has 0 unspecified atom stereocenters. The van der Waals surface area contributed by atoms with E-state index in [0.717, 1.165) is 11.3 Å². The molecule has 1 amide bonds. The van der Waals surface area contributed by atoms with Crippen LogP contribution in [0.2, 0.25) is 0 Å². The average Bonchev–Trinajstić information content (AvgIpc) is 2.59. The first-order chi connectivity index (χ1) is 11.2. The number of methoxy groups -OCH3 is 1. The highest BCUT2D eigenvalue weighted by Crippen LogP contribution is 2.17. The van der Waals surface area contributed by atoms with Crippen LogP contribution in [0.15, 0.2) is 54.9 Å². The number of para-hydroxylation sites is 1. The molecule has 2 heterocycles. The molecule has 1 N–H and O–H groups in total. The van der Waals surface area contributed by atoms with Gasteiger partial charge < -0.3 is 15.3 Å². The van der Waals surface area contributed by atoms with Gasteiger partial charge in [-0.25, -0.2) is 4.98 Å². The largest absolute Gasteiger partial charge is 0.619 e. The molecule has 3 aromatic rings. The van der Waals surface area contributed by atoms with Crippen LogP contribution < -0.4 is 14.8 Å². The van der Waals surface area contributed by atoms with Crippen molar-refractivity contribution in [2.24, 2.45) is 0 Å². The molecule has 6 nitrogen and oxygen atoms in total. The monoisotopic (exact) mass is 309 g/mol. The molecular weight excluding hydrogens is 294 g/mol. The fraction of sp³-hybridized carbons (Fsp3) is 0.118. The summed E-state index contributed by atoms with van der Waals surface area (Å²) in [5, 5.41) is 14.7. The first-order valence-corrected chi connectivity index (χ1v) is 7.07. The van der Waals surface area contributed by atoms with E-state index in [1.165, 1.54) is 12.4 Å². The Kier molecular flexibility index (Phi) is 4.05. The molecule has 2 aromatic heterocycles. The van der Waals surface area contributed by atoms with Gasteiger partial charge in [0.25, 0.3) is 5.91 Å². The van der Waals surface area contributed by atoms with Crippen molar-refractivity contribution in [2.45, 2.75) is 6.54 Å². The van der Waals surface area contributed by atoms with Crippen LogP contribution in [0.4, 0.5) is 0 Å². The topological polar surface area (TPSA) is 78.2 Å². The molecule has 0 aliphatic heterocycles. The van der Waals surface area contributed by atoms with Crippen molar-refractivity contribution < 1.29 is 14.3 Å². The van der Waals surface area contributed by atoms with E-state index < -0.39 is 0 Å². The summed E-state index contributed by atoms with van der Waals surface area (Å²) in [6.07, 6.45) is 2.77. The van der Waals surface area contributed by atoms with Crippen LogP contribution >= 0.6 is 0 Å². The highest BCUT2D eigenvalue weighted by molar-refractivity contribution is 5.94. The predicted octanol–water partition coefficient (Wildman–Crippen LogP) is 1.81. The Morgan fingerprint density at radius 1 is 1.26 bits per heavy atom. The summed E-state index contributed by atoms with van der Waals surface area (Å²) < 4.78 is 5.95. The van der Waals surface area contributed by atoms with Gasteiger partial charge in [-0.15, -0.1) is 0 Å². The number of ether oxygens (including phenoxy) is 1. The van der Waals surface area contributed by atoms with Crippen molar-refractivity contribution in [1.82, 2.24) is 10.3 Å².